The van der Waals surface area contributed by atoms with Gasteiger partial charge in [-0.3, -0.25) is 4.72 Å². The molecule has 2 heterocycles. The molecule has 0 atom stereocenters. The van der Waals surface area contributed by atoms with E-state index in [4.69, 9.17) is 22.3 Å². The molecule has 38 heavy (non-hydrogen) atoms. The Morgan fingerprint density at radius 3 is 2.53 bits per heavy atom. The molecular weight excluding hydrogens is 520 g/mol. The third kappa shape index (κ3) is 5.60. The van der Waals surface area contributed by atoms with Crippen LogP contribution in [0.3, 0.4) is 0 Å². The lowest BCUT2D eigenvalue weighted by Crippen LogP contribution is -2.33. The number of rotatable bonds is 7. The Morgan fingerprint density at radius 1 is 1.05 bits per heavy atom. The van der Waals surface area contributed by atoms with E-state index >= 15 is 0 Å². The summed E-state index contributed by atoms with van der Waals surface area (Å²) in [5.74, 6) is 0.874. The fraction of sp³-hybridized carbons (Fsp3) is 0.321. The van der Waals surface area contributed by atoms with Gasteiger partial charge in [0.2, 0.25) is 5.95 Å². The number of benzene rings is 2. The van der Waals surface area contributed by atoms with Gasteiger partial charge in [-0.2, -0.15) is 0 Å². The van der Waals surface area contributed by atoms with Crippen molar-refractivity contribution in [2.24, 2.45) is 5.73 Å². The zero-order valence-corrected chi connectivity index (χ0v) is 23.0. The molecule has 5 rings (SSSR count). The van der Waals surface area contributed by atoms with Crippen LogP contribution in [0.1, 0.15) is 43.9 Å². The van der Waals surface area contributed by atoms with E-state index < -0.39 is 10.0 Å². The minimum atomic E-state index is -3.87. The number of pyridine rings is 1. The summed E-state index contributed by atoms with van der Waals surface area (Å²) < 4.78 is 28.2. The third-order valence-electron chi connectivity index (χ3n) is 7.01. The maximum Gasteiger partial charge on any atom is 0.264 e. The average Bonchev–Trinajstić information content (AvgIpc) is 2.89. The van der Waals surface area contributed by atoms with Crippen molar-refractivity contribution in [2.75, 3.05) is 10.0 Å². The molecule has 0 radical (unpaired) electrons. The Kier molecular flexibility index (Phi) is 7.52. The molecule has 1 fully saturated rings. The first-order valence-corrected chi connectivity index (χ1v) is 14.7. The van der Waals surface area contributed by atoms with Gasteiger partial charge in [-0.15, -0.1) is 0 Å². The Hall–Kier alpha value is -3.27. The number of nitrogens with two attached hydrogens (primary N) is 1. The van der Waals surface area contributed by atoms with Crippen LogP contribution in [0.25, 0.3) is 22.0 Å². The first-order chi connectivity index (χ1) is 18.2. The summed E-state index contributed by atoms with van der Waals surface area (Å²) in [7, 11) is -3.87. The highest BCUT2D eigenvalue weighted by atomic mass is 35.5. The van der Waals surface area contributed by atoms with Crippen LogP contribution in [-0.4, -0.2) is 35.5 Å². The second-order valence-electron chi connectivity index (χ2n) is 9.74. The molecule has 0 aliphatic heterocycles. The van der Waals surface area contributed by atoms with Crippen LogP contribution >= 0.6 is 11.6 Å². The molecule has 0 amide bonds. The summed E-state index contributed by atoms with van der Waals surface area (Å²) in [5.41, 5.74) is 10.7. The van der Waals surface area contributed by atoms with E-state index in [1.54, 1.807) is 18.2 Å². The molecule has 0 spiro atoms. The minimum Gasteiger partial charge on any atom is -0.351 e. The summed E-state index contributed by atoms with van der Waals surface area (Å²) in [6, 6.07) is 14.7. The third-order valence-corrected chi connectivity index (χ3v) is 8.86. The summed E-state index contributed by atoms with van der Waals surface area (Å²) >= 11 is 6.09. The summed E-state index contributed by atoms with van der Waals surface area (Å²) in [4.78, 5) is 14.0. The van der Waals surface area contributed by atoms with Crippen LogP contribution in [0.15, 0.2) is 59.6 Å². The van der Waals surface area contributed by atoms with Gasteiger partial charge in [-0.25, -0.2) is 23.4 Å². The largest absolute Gasteiger partial charge is 0.351 e. The molecule has 1 aliphatic carbocycles. The average molecular weight is 551 g/mol. The van der Waals surface area contributed by atoms with E-state index in [1.807, 2.05) is 19.2 Å². The monoisotopic (exact) mass is 550 g/mol. The van der Waals surface area contributed by atoms with Crippen molar-refractivity contribution in [1.82, 2.24) is 15.0 Å². The van der Waals surface area contributed by atoms with Gasteiger partial charge in [-0.05, 0) is 86.6 Å². The molecule has 8 nitrogen and oxygen atoms in total. The summed E-state index contributed by atoms with van der Waals surface area (Å²) in [6.07, 6.45) is 6.75. The van der Waals surface area contributed by atoms with Crippen molar-refractivity contribution in [3.63, 3.8) is 0 Å². The van der Waals surface area contributed by atoms with E-state index in [0.717, 1.165) is 59.7 Å². The molecule has 4 aromatic rings. The van der Waals surface area contributed by atoms with E-state index in [-0.39, 0.29) is 15.7 Å². The second-order valence-corrected chi connectivity index (χ2v) is 11.8. The Labute approximate surface area is 228 Å². The van der Waals surface area contributed by atoms with Crippen LogP contribution in [0.2, 0.25) is 5.02 Å². The Bertz CT molecular complexity index is 1590. The predicted molar refractivity (Wildman–Crippen MR) is 153 cm³/mol. The number of nitrogens with one attached hydrogen (secondary N) is 2. The van der Waals surface area contributed by atoms with Gasteiger partial charge < -0.3 is 11.1 Å². The molecular formula is C28H31ClN6O2S. The first kappa shape index (κ1) is 26.3. The van der Waals surface area contributed by atoms with Gasteiger partial charge in [-0.1, -0.05) is 30.7 Å². The number of halogens is 1. The quantitative estimate of drug-likeness (QED) is 0.270. The zero-order chi connectivity index (χ0) is 26.9. The van der Waals surface area contributed by atoms with Crippen molar-refractivity contribution >= 4 is 44.3 Å². The van der Waals surface area contributed by atoms with Gasteiger partial charge in [0.1, 0.15) is 10.7 Å². The number of sulfonamides is 1. The van der Waals surface area contributed by atoms with Crippen molar-refractivity contribution < 1.29 is 8.42 Å². The van der Waals surface area contributed by atoms with E-state index in [1.165, 1.54) is 12.1 Å². The molecule has 2 aromatic heterocycles. The predicted octanol–water partition coefficient (Wildman–Crippen LogP) is 5.70. The molecule has 0 unspecified atom stereocenters. The smallest absolute Gasteiger partial charge is 0.264 e. The van der Waals surface area contributed by atoms with Gasteiger partial charge in [0.25, 0.3) is 10.0 Å². The SMILES string of the molecule is CCc1cc(-c2ccc(NS(=O)(=O)c3ccccc3Cl)nc2C)cc2cnc(N[C@H]3CC[C@H](N)CC3)nc12. The fourth-order valence-electron chi connectivity index (χ4n) is 4.94. The molecule has 4 N–H and O–H groups in total. The lowest BCUT2D eigenvalue weighted by Gasteiger charge is -2.26. The topological polar surface area (TPSA) is 123 Å². The normalized spacial score (nSPS) is 17.9. The van der Waals surface area contributed by atoms with Crippen molar-refractivity contribution in [1.29, 1.82) is 0 Å². The molecule has 1 saturated carbocycles. The van der Waals surface area contributed by atoms with Crippen molar-refractivity contribution in [3.8, 4) is 11.1 Å². The van der Waals surface area contributed by atoms with Gasteiger partial charge in [0.05, 0.1) is 10.5 Å². The number of hydrogen-bond donors (Lipinski definition) is 3. The molecule has 198 valence electrons. The minimum absolute atomic E-state index is 0.00762. The van der Waals surface area contributed by atoms with Crippen LogP contribution in [0.4, 0.5) is 11.8 Å². The number of aryl methyl sites for hydroxylation is 2. The van der Waals surface area contributed by atoms with Gasteiger partial charge in [0, 0.05) is 34.9 Å². The van der Waals surface area contributed by atoms with Gasteiger partial charge >= 0.3 is 0 Å². The fourth-order valence-corrected chi connectivity index (χ4v) is 6.46. The highest BCUT2D eigenvalue weighted by Gasteiger charge is 2.20. The van der Waals surface area contributed by atoms with Crippen molar-refractivity contribution in [3.05, 3.63) is 71.0 Å². The summed E-state index contributed by atoms with van der Waals surface area (Å²) in [6.45, 7) is 3.96. The highest BCUT2D eigenvalue weighted by Crippen LogP contribution is 2.31. The molecule has 10 heteroatoms. The number of fused-ring (bicyclic) bond motifs is 1. The first-order valence-electron chi connectivity index (χ1n) is 12.8. The molecule has 1 aliphatic rings. The number of aromatic nitrogens is 3. The number of nitrogens with zero attached hydrogens (tertiary/aromatic N) is 3. The maximum atomic E-state index is 12.8. The lowest BCUT2D eigenvalue weighted by atomic mass is 9.92. The number of hydrogen-bond acceptors (Lipinski definition) is 7. The molecule has 2 aromatic carbocycles. The van der Waals surface area contributed by atoms with Crippen molar-refractivity contribution in [2.45, 2.75) is 62.9 Å². The van der Waals surface area contributed by atoms with E-state index in [2.05, 4.69) is 39.1 Å². The lowest BCUT2D eigenvalue weighted by molar-refractivity contribution is 0.410. The standard InChI is InChI=1S/C28H31ClN6O2S/c1-3-18-14-19(15-20-16-31-28(34-27(18)20)33-22-10-8-21(30)9-11-22)23-12-13-26(32-17(23)2)35-38(36,37)25-7-5-4-6-24(25)29/h4-7,12-16,21-22H,3,8-11,30H2,1-2H3,(H,32,35)(H,31,33,34)/t21-,22-. The van der Waals surface area contributed by atoms with E-state index in [0.29, 0.717) is 23.7 Å². The Balaban J connectivity index is 1.41. The van der Waals surface area contributed by atoms with Crippen LogP contribution in [0.5, 0.6) is 0 Å². The van der Waals surface area contributed by atoms with Crippen LogP contribution in [0, 0.1) is 6.92 Å². The Morgan fingerprint density at radius 2 is 1.82 bits per heavy atom. The second kappa shape index (κ2) is 10.8. The van der Waals surface area contributed by atoms with E-state index in [9.17, 15) is 8.42 Å². The summed E-state index contributed by atoms with van der Waals surface area (Å²) in [5, 5.41) is 4.58. The number of anilines is 2. The van der Waals surface area contributed by atoms with Gasteiger partial charge in [0.15, 0.2) is 0 Å². The van der Waals surface area contributed by atoms with Crippen LogP contribution < -0.4 is 15.8 Å². The highest BCUT2D eigenvalue weighted by molar-refractivity contribution is 7.92. The molecule has 0 saturated heterocycles. The van der Waals surface area contributed by atoms with Crippen LogP contribution in [-0.2, 0) is 16.4 Å². The zero-order valence-electron chi connectivity index (χ0n) is 21.4. The maximum absolute atomic E-state index is 12.8. The molecule has 0 bridgehead atoms.